The van der Waals surface area contributed by atoms with Crippen molar-refractivity contribution in [3.05, 3.63) is 65.2 Å². The van der Waals surface area contributed by atoms with Crippen molar-refractivity contribution in [2.75, 3.05) is 26.2 Å². The summed E-state index contributed by atoms with van der Waals surface area (Å²) < 4.78 is 29.7. The van der Waals surface area contributed by atoms with Crippen LogP contribution >= 0.6 is 0 Å². The highest BCUT2D eigenvalue weighted by molar-refractivity contribution is 5.97. The van der Waals surface area contributed by atoms with Crippen LogP contribution in [-0.2, 0) is 11.2 Å². The van der Waals surface area contributed by atoms with Crippen LogP contribution in [0.25, 0.3) is 0 Å². The van der Waals surface area contributed by atoms with E-state index in [4.69, 9.17) is 0 Å². The summed E-state index contributed by atoms with van der Waals surface area (Å²) >= 11 is 0. The van der Waals surface area contributed by atoms with Gasteiger partial charge in [-0.1, -0.05) is 36.4 Å². The molecule has 0 N–H and O–H groups in total. The van der Waals surface area contributed by atoms with Gasteiger partial charge in [-0.05, 0) is 42.0 Å². The van der Waals surface area contributed by atoms with E-state index in [0.29, 0.717) is 32.6 Å². The Bertz CT molecular complexity index is 926. The topological polar surface area (TPSA) is 49.9 Å². The SMILES string of the molecule is O=C(CC1CCc2ccccc21)N1CCN(C(=O)c2ccccc2OC(F)F)CC1. The number of ether oxygens (including phenoxy) is 1. The molecule has 1 heterocycles. The molecule has 30 heavy (non-hydrogen) atoms. The van der Waals surface area contributed by atoms with Crippen LogP contribution in [0.5, 0.6) is 5.75 Å². The molecule has 0 radical (unpaired) electrons. The van der Waals surface area contributed by atoms with Crippen molar-refractivity contribution in [1.82, 2.24) is 9.80 Å². The predicted molar refractivity (Wildman–Crippen MR) is 108 cm³/mol. The number of fused-ring (bicyclic) bond motifs is 1. The van der Waals surface area contributed by atoms with Gasteiger partial charge in [0.05, 0.1) is 5.56 Å². The Hall–Kier alpha value is -2.96. The van der Waals surface area contributed by atoms with Gasteiger partial charge in [-0.15, -0.1) is 0 Å². The van der Waals surface area contributed by atoms with E-state index in [1.807, 2.05) is 12.1 Å². The molecule has 5 nitrogen and oxygen atoms in total. The minimum absolute atomic E-state index is 0.102. The van der Waals surface area contributed by atoms with Crippen LogP contribution in [0.3, 0.4) is 0 Å². The fraction of sp³-hybridized carbons (Fsp3) is 0.391. The van der Waals surface area contributed by atoms with Gasteiger partial charge >= 0.3 is 6.61 Å². The fourth-order valence-electron chi connectivity index (χ4n) is 4.37. The zero-order valence-electron chi connectivity index (χ0n) is 16.6. The lowest BCUT2D eigenvalue weighted by Crippen LogP contribution is -2.50. The standard InChI is InChI=1S/C23H24F2N2O3/c24-23(25)30-20-8-4-3-7-19(20)22(29)27-13-11-26(12-14-27)21(28)15-17-10-9-16-5-1-2-6-18(16)17/h1-8,17,23H,9-15H2. The number of aryl methyl sites for hydroxylation is 1. The molecule has 2 aliphatic rings. The molecule has 1 unspecified atom stereocenters. The number of rotatable bonds is 5. The van der Waals surface area contributed by atoms with E-state index in [0.717, 1.165) is 12.8 Å². The van der Waals surface area contributed by atoms with Crippen LogP contribution in [0.2, 0.25) is 0 Å². The zero-order valence-corrected chi connectivity index (χ0v) is 16.6. The van der Waals surface area contributed by atoms with Crippen LogP contribution in [0.1, 0.15) is 40.2 Å². The van der Waals surface area contributed by atoms with E-state index in [9.17, 15) is 18.4 Å². The minimum Gasteiger partial charge on any atom is -0.434 e. The second-order valence-corrected chi connectivity index (χ2v) is 7.69. The largest absolute Gasteiger partial charge is 0.434 e. The number of alkyl halides is 2. The van der Waals surface area contributed by atoms with Crippen LogP contribution in [0.4, 0.5) is 8.78 Å². The van der Waals surface area contributed by atoms with Crippen LogP contribution in [0, 0.1) is 0 Å². The number of nitrogens with zero attached hydrogens (tertiary/aromatic N) is 2. The molecule has 0 saturated carbocycles. The maximum absolute atomic E-state index is 12.8. The second-order valence-electron chi connectivity index (χ2n) is 7.69. The molecule has 0 aromatic heterocycles. The maximum atomic E-state index is 12.8. The summed E-state index contributed by atoms with van der Waals surface area (Å²) in [5.74, 6) is -0.129. The molecule has 2 amide bonds. The van der Waals surface area contributed by atoms with Crippen molar-refractivity contribution in [2.45, 2.75) is 31.8 Å². The van der Waals surface area contributed by atoms with Crippen molar-refractivity contribution in [3.63, 3.8) is 0 Å². The molecule has 1 aliphatic carbocycles. The molecule has 1 saturated heterocycles. The molecule has 0 spiro atoms. The fourth-order valence-corrected chi connectivity index (χ4v) is 4.37. The average Bonchev–Trinajstić information content (AvgIpc) is 3.16. The number of carbonyl (C=O) groups is 2. The third-order valence-electron chi connectivity index (χ3n) is 5.93. The monoisotopic (exact) mass is 414 g/mol. The summed E-state index contributed by atoms with van der Waals surface area (Å²) in [4.78, 5) is 29.0. The van der Waals surface area contributed by atoms with Gasteiger partial charge in [0, 0.05) is 32.6 Å². The van der Waals surface area contributed by atoms with Crippen LogP contribution in [0.15, 0.2) is 48.5 Å². The van der Waals surface area contributed by atoms with E-state index >= 15 is 0 Å². The van der Waals surface area contributed by atoms with Gasteiger partial charge in [0.15, 0.2) is 0 Å². The van der Waals surface area contributed by atoms with Gasteiger partial charge in [0.1, 0.15) is 5.75 Å². The lowest BCUT2D eigenvalue weighted by molar-refractivity contribution is -0.133. The molecule has 158 valence electrons. The summed E-state index contributed by atoms with van der Waals surface area (Å²) in [6.45, 7) is -1.37. The molecular weight excluding hydrogens is 390 g/mol. The van der Waals surface area contributed by atoms with E-state index in [1.165, 1.54) is 23.3 Å². The van der Waals surface area contributed by atoms with Gasteiger partial charge in [-0.2, -0.15) is 8.78 Å². The van der Waals surface area contributed by atoms with Crippen molar-refractivity contribution >= 4 is 11.8 Å². The molecule has 0 bridgehead atoms. The smallest absolute Gasteiger partial charge is 0.387 e. The number of hydrogen-bond donors (Lipinski definition) is 0. The molecular formula is C23H24F2N2O3. The van der Waals surface area contributed by atoms with Crippen LogP contribution in [-0.4, -0.2) is 54.4 Å². The van der Waals surface area contributed by atoms with Crippen molar-refractivity contribution in [3.8, 4) is 5.75 Å². The van der Waals surface area contributed by atoms with Gasteiger partial charge in [0.25, 0.3) is 5.91 Å². The minimum atomic E-state index is -2.99. The average molecular weight is 414 g/mol. The number of piperazine rings is 1. The Morgan fingerprint density at radius 2 is 1.63 bits per heavy atom. The molecule has 1 atom stereocenters. The normalized spacial score (nSPS) is 18.4. The first-order valence-corrected chi connectivity index (χ1v) is 10.2. The van der Waals surface area contributed by atoms with E-state index in [1.54, 1.807) is 21.9 Å². The zero-order chi connectivity index (χ0) is 21.1. The summed E-state index contributed by atoms with van der Waals surface area (Å²) in [6, 6.07) is 14.3. The van der Waals surface area contributed by atoms with Crippen molar-refractivity contribution < 1.29 is 23.1 Å². The number of amides is 2. The third kappa shape index (κ3) is 4.30. The second kappa shape index (κ2) is 8.81. The molecule has 4 rings (SSSR count). The Balaban J connectivity index is 1.34. The Morgan fingerprint density at radius 3 is 2.40 bits per heavy atom. The van der Waals surface area contributed by atoms with Gasteiger partial charge in [0.2, 0.25) is 5.91 Å². The predicted octanol–water partition coefficient (Wildman–Crippen LogP) is 3.69. The highest BCUT2D eigenvalue weighted by atomic mass is 19.3. The number of benzene rings is 2. The lowest BCUT2D eigenvalue weighted by Gasteiger charge is -2.35. The Kier molecular flexibility index (Phi) is 5.97. The number of carbonyl (C=O) groups excluding carboxylic acids is 2. The summed E-state index contributed by atoms with van der Waals surface area (Å²) in [7, 11) is 0. The highest BCUT2D eigenvalue weighted by Crippen LogP contribution is 2.35. The van der Waals surface area contributed by atoms with Crippen molar-refractivity contribution in [1.29, 1.82) is 0 Å². The molecule has 2 aromatic carbocycles. The van der Waals surface area contributed by atoms with Gasteiger partial charge in [-0.3, -0.25) is 9.59 Å². The molecule has 1 aliphatic heterocycles. The van der Waals surface area contributed by atoms with Gasteiger partial charge < -0.3 is 14.5 Å². The van der Waals surface area contributed by atoms with E-state index in [2.05, 4.69) is 16.9 Å². The third-order valence-corrected chi connectivity index (χ3v) is 5.93. The first-order chi connectivity index (χ1) is 14.5. The maximum Gasteiger partial charge on any atom is 0.387 e. The van der Waals surface area contributed by atoms with Crippen molar-refractivity contribution in [2.24, 2.45) is 0 Å². The number of para-hydroxylation sites is 1. The first-order valence-electron chi connectivity index (χ1n) is 10.2. The van der Waals surface area contributed by atoms with Crippen LogP contribution < -0.4 is 4.74 Å². The van der Waals surface area contributed by atoms with E-state index < -0.39 is 6.61 Å². The highest BCUT2D eigenvalue weighted by Gasteiger charge is 2.30. The number of halogens is 2. The molecule has 2 aromatic rings. The summed E-state index contributed by atoms with van der Waals surface area (Å²) in [5.41, 5.74) is 2.71. The quantitative estimate of drug-likeness (QED) is 0.750. The van der Waals surface area contributed by atoms with E-state index in [-0.39, 0.29) is 29.0 Å². The summed E-state index contributed by atoms with van der Waals surface area (Å²) in [5, 5.41) is 0. The molecule has 7 heteroatoms. The number of hydrogen-bond acceptors (Lipinski definition) is 3. The lowest BCUT2D eigenvalue weighted by atomic mass is 9.97. The summed E-state index contributed by atoms with van der Waals surface area (Å²) in [6.07, 6.45) is 2.48. The Labute approximate surface area is 174 Å². The molecule has 1 fully saturated rings. The first kappa shape index (κ1) is 20.3. The van der Waals surface area contributed by atoms with Gasteiger partial charge in [-0.25, -0.2) is 0 Å². The Morgan fingerprint density at radius 1 is 0.967 bits per heavy atom.